The van der Waals surface area contributed by atoms with E-state index in [4.69, 9.17) is 10.5 Å². The second-order valence-electron chi connectivity index (χ2n) is 5.05. The van der Waals surface area contributed by atoms with Crippen LogP contribution in [0.1, 0.15) is 27.7 Å². The Labute approximate surface area is 127 Å². The van der Waals surface area contributed by atoms with Crippen molar-refractivity contribution in [1.29, 1.82) is 0 Å². The average molecular weight is 319 g/mol. The first-order valence-electron chi connectivity index (χ1n) is 6.46. The topological polar surface area (TPSA) is 146 Å². The highest BCUT2D eigenvalue weighted by Gasteiger charge is 2.28. The Morgan fingerprint density at radius 1 is 1.18 bits per heavy atom. The zero-order valence-electron chi connectivity index (χ0n) is 12.9. The van der Waals surface area contributed by atoms with Crippen LogP contribution in [0.3, 0.4) is 0 Å². The zero-order chi connectivity index (χ0) is 17.3. The normalized spacial score (nSPS) is 11.8. The van der Waals surface area contributed by atoms with Crippen LogP contribution in [0.15, 0.2) is 0 Å². The second-order valence-corrected chi connectivity index (χ2v) is 5.05. The van der Waals surface area contributed by atoms with Gasteiger partial charge < -0.3 is 30.6 Å². The number of amides is 3. The zero-order valence-corrected chi connectivity index (χ0v) is 12.9. The molecule has 0 rings (SSSR count). The van der Waals surface area contributed by atoms with Crippen molar-refractivity contribution < 1.29 is 33.4 Å². The van der Waals surface area contributed by atoms with E-state index in [2.05, 4.69) is 20.1 Å². The number of esters is 1. The molecule has 0 heterocycles. The fourth-order valence-corrected chi connectivity index (χ4v) is 1.15. The number of carbonyl (C=O) groups excluding carboxylic acids is 4. The van der Waals surface area contributed by atoms with Gasteiger partial charge in [-0.3, -0.25) is 0 Å². The van der Waals surface area contributed by atoms with Gasteiger partial charge in [-0.1, -0.05) is 0 Å². The van der Waals surface area contributed by atoms with E-state index in [1.807, 2.05) is 0 Å². The summed E-state index contributed by atoms with van der Waals surface area (Å²) in [7, 11) is 0. The molecule has 0 unspecified atom stereocenters. The number of hydrogen-bond donors (Lipinski definition) is 3. The molecule has 10 heteroatoms. The number of urea groups is 1. The number of alkyl carbamates (subject to hydrolysis) is 1. The van der Waals surface area contributed by atoms with Crippen LogP contribution in [-0.4, -0.2) is 49.0 Å². The van der Waals surface area contributed by atoms with Gasteiger partial charge in [-0.05, 0) is 27.7 Å². The third-order valence-electron chi connectivity index (χ3n) is 1.90. The lowest BCUT2D eigenvalue weighted by molar-refractivity contribution is -0.142. The minimum atomic E-state index is -1.37. The van der Waals surface area contributed by atoms with Crippen LogP contribution in [-0.2, 0) is 19.0 Å². The molecule has 0 saturated heterocycles. The third-order valence-corrected chi connectivity index (χ3v) is 1.90. The van der Waals surface area contributed by atoms with Crippen molar-refractivity contribution in [2.75, 3.05) is 13.2 Å². The molecule has 0 fully saturated rings. The Bertz CT molecular complexity index is 431. The Morgan fingerprint density at radius 2 is 1.77 bits per heavy atom. The first kappa shape index (κ1) is 19.5. The molecule has 3 amide bonds. The summed E-state index contributed by atoms with van der Waals surface area (Å²) < 4.78 is 13.7. The maximum Gasteiger partial charge on any atom is 0.516 e. The van der Waals surface area contributed by atoms with Crippen LogP contribution in [0, 0.1) is 0 Å². The number of hydrogen-bond acceptors (Lipinski definition) is 7. The molecule has 0 aromatic carbocycles. The van der Waals surface area contributed by atoms with Gasteiger partial charge in [0, 0.05) is 0 Å². The summed E-state index contributed by atoms with van der Waals surface area (Å²) in [5.41, 5.74) is 4.09. The molecule has 126 valence electrons. The van der Waals surface area contributed by atoms with Crippen LogP contribution >= 0.6 is 0 Å². The van der Waals surface area contributed by atoms with E-state index < -0.39 is 35.9 Å². The predicted molar refractivity (Wildman–Crippen MR) is 73.9 cm³/mol. The summed E-state index contributed by atoms with van der Waals surface area (Å²) in [5, 5.41) is 4.28. The van der Waals surface area contributed by atoms with Crippen molar-refractivity contribution in [1.82, 2.24) is 10.6 Å². The lowest BCUT2D eigenvalue weighted by Gasteiger charge is -2.22. The molecule has 22 heavy (non-hydrogen) atoms. The number of carbonyl (C=O) groups is 4. The van der Waals surface area contributed by atoms with Gasteiger partial charge in [0.2, 0.25) is 0 Å². The molecule has 0 aromatic rings. The Hall–Kier alpha value is -2.52. The molecule has 0 aliphatic carbocycles. The lowest BCUT2D eigenvalue weighted by atomic mass is 10.2. The molecule has 10 nitrogen and oxygen atoms in total. The van der Waals surface area contributed by atoms with E-state index in [0.29, 0.717) is 0 Å². The van der Waals surface area contributed by atoms with Crippen LogP contribution < -0.4 is 16.4 Å². The molecule has 0 spiro atoms. The van der Waals surface area contributed by atoms with Crippen LogP contribution in [0.25, 0.3) is 0 Å². The van der Waals surface area contributed by atoms with Crippen molar-refractivity contribution in [3.63, 3.8) is 0 Å². The van der Waals surface area contributed by atoms with Gasteiger partial charge in [-0.25, -0.2) is 19.2 Å². The number of primary amides is 1. The summed E-state index contributed by atoms with van der Waals surface area (Å²) in [6.45, 7) is 6.03. The summed E-state index contributed by atoms with van der Waals surface area (Å²) in [6.07, 6.45) is -2.15. The van der Waals surface area contributed by atoms with Gasteiger partial charge in [-0.2, -0.15) is 0 Å². The van der Waals surface area contributed by atoms with E-state index in [1.54, 1.807) is 20.8 Å². The third kappa shape index (κ3) is 9.39. The average Bonchev–Trinajstić information content (AvgIpc) is 2.31. The van der Waals surface area contributed by atoms with E-state index >= 15 is 0 Å². The minimum Gasteiger partial charge on any atom is -0.444 e. The van der Waals surface area contributed by atoms with Gasteiger partial charge in [0.15, 0.2) is 0 Å². The summed E-state index contributed by atoms with van der Waals surface area (Å²) in [5.74, 6) is -1.13. The quantitative estimate of drug-likeness (QED) is 0.486. The maximum atomic E-state index is 11.8. The standard InChI is InChI=1S/C12H21N3O7/c1-5-20-11(19)21-8(16)7(6-14-9(13)17)15-10(18)22-12(2,3)4/h7H,5-6H2,1-4H3,(H,15,18)(H3,13,14,17)/t7-/m1/s1. The van der Waals surface area contributed by atoms with Gasteiger partial charge in [0.1, 0.15) is 11.6 Å². The Morgan fingerprint density at radius 3 is 2.23 bits per heavy atom. The van der Waals surface area contributed by atoms with Crippen LogP contribution in [0.4, 0.5) is 14.4 Å². The van der Waals surface area contributed by atoms with Crippen molar-refractivity contribution in [3.8, 4) is 0 Å². The molecule has 4 N–H and O–H groups in total. The minimum absolute atomic E-state index is 0.00973. The van der Waals surface area contributed by atoms with Crippen molar-refractivity contribution in [2.45, 2.75) is 39.3 Å². The maximum absolute atomic E-state index is 11.8. The van der Waals surface area contributed by atoms with E-state index in [-0.39, 0.29) is 13.2 Å². The van der Waals surface area contributed by atoms with Crippen molar-refractivity contribution in [3.05, 3.63) is 0 Å². The molecule has 0 saturated carbocycles. The molecule has 0 radical (unpaired) electrons. The summed E-state index contributed by atoms with van der Waals surface area (Å²) in [6, 6.07) is -2.29. The number of nitrogens with one attached hydrogen (secondary N) is 2. The smallest absolute Gasteiger partial charge is 0.444 e. The highest BCUT2D eigenvalue weighted by molar-refractivity contribution is 5.88. The molecular weight excluding hydrogens is 298 g/mol. The highest BCUT2D eigenvalue weighted by atomic mass is 16.7. The fraction of sp³-hybridized carbons (Fsp3) is 0.667. The second kappa shape index (κ2) is 8.70. The van der Waals surface area contributed by atoms with Gasteiger partial charge in [-0.15, -0.1) is 0 Å². The molecule has 0 bridgehead atoms. The summed E-state index contributed by atoms with van der Waals surface area (Å²) >= 11 is 0. The van der Waals surface area contributed by atoms with Gasteiger partial charge in [0.05, 0.1) is 13.2 Å². The molecule has 0 aliphatic rings. The summed E-state index contributed by atoms with van der Waals surface area (Å²) in [4.78, 5) is 45.2. The Kier molecular flexibility index (Phi) is 7.70. The largest absolute Gasteiger partial charge is 0.516 e. The number of ether oxygens (including phenoxy) is 3. The van der Waals surface area contributed by atoms with Gasteiger partial charge in [0.25, 0.3) is 0 Å². The first-order chi connectivity index (χ1) is 10.0. The Balaban J connectivity index is 4.73. The first-order valence-corrected chi connectivity index (χ1v) is 6.46. The monoisotopic (exact) mass is 319 g/mol. The number of rotatable bonds is 5. The molecule has 0 aliphatic heterocycles. The molecule has 1 atom stereocenters. The number of nitrogens with two attached hydrogens (primary N) is 1. The van der Waals surface area contributed by atoms with Crippen LogP contribution in [0.2, 0.25) is 0 Å². The van der Waals surface area contributed by atoms with Crippen LogP contribution in [0.5, 0.6) is 0 Å². The lowest BCUT2D eigenvalue weighted by Crippen LogP contribution is -2.51. The van der Waals surface area contributed by atoms with E-state index in [1.165, 1.54) is 6.92 Å². The fourth-order valence-electron chi connectivity index (χ4n) is 1.15. The van der Waals surface area contributed by atoms with Crippen molar-refractivity contribution in [2.24, 2.45) is 5.73 Å². The highest BCUT2D eigenvalue weighted by Crippen LogP contribution is 2.07. The van der Waals surface area contributed by atoms with E-state index in [0.717, 1.165) is 0 Å². The van der Waals surface area contributed by atoms with Crippen molar-refractivity contribution >= 4 is 24.2 Å². The van der Waals surface area contributed by atoms with Gasteiger partial charge >= 0.3 is 24.2 Å². The van der Waals surface area contributed by atoms with E-state index in [9.17, 15) is 19.2 Å². The SMILES string of the molecule is CCOC(=O)OC(=O)[C@@H](CNC(N)=O)NC(=O)OC(C)(C)C. The molecule has 0 aromatic heterocycles. The predicted octanol–water partition coefficient (Wildman–Crippen LogP) is 0.248. The molecular formula is C12H21N3O7.